The van der Waals surface area contributed by atoms with Crippen LogP contribution in [0.5, 0.6) is 0 Å². The van der Waals surface area contributed by atoms with Crippen LogP contribution < -0.4 is 0 Å². The number of halogens is 1. The average molecular weight is 245 g/mol. The predicted molar refractivity (Wildman–Crippen MR) is 70.3 cm³/mol. The zero-order valence-electron chi connectivity index (χ0n) is 9.40. The van der Waals surface area contributed by atoms with Crippen molar-refractivity contribution in [1.82, 2.24) is 0 Å². The van der Waals surface area contributed by atoms with Crippen molar-refractivity contribution in [3.8, 4) is 0 Å². The summed E-state index contributed by atoms with van der Waals surface area (Å²) in [5.41, 5.74) is 3.41. The molecule has 0 N–H and O–H groups in total. The zero-order chi connectivity index (χ0) is 12.1. The van der Waals surface area contributed by atoms with Crippen LogP contribution in [0.25, 0.3) is 0 Å². The van der Waals surface area contributed by atoms with Crippen LogP contribution in [0.2, 0.25) is 0 Å². The van der Waals surface area contributed by atoms with E-state index in [2.05, 4.69) is 12.1 Å². The highest BCUT2D eigenvalue weighted by Crippen LogP contribution is 2.15. The Morgan fingerprint density at radius 1 is 0.882 bits per heavy atom. The normalized spacial score (nSPS) is 10.2. The van der Waals surface area contributed by atoms with Crippen molar-refractivity contribution in [1.29, 1.82) is 0 Å². The van der Waals surface area contributed by atoms with E-state index in [0.29, 0.717) is 6.42 Å². The van der Waals surface area contributed by atoms with Gasteiger partial charge < -0.3 is 0 Å². The Bertz CT molecular complexity index is 505. The molecule has 0 amide bonds. The average Bonchev–Trinajstić information content (AvgIpc) is 2.32. The molecule has 2 heteroatoms. The van der Waals surface area contributed by atoms with E-state index in [1.165, 1.54) is 5.56 Å². The largest absolute Gasteiger partial charge is 0.281 e. The monoisotopic (exact) mass is 244 g/mol. The number of rotatable bonds is 4. The highest BCUT2D eigenvalue weighted by molar-refractivity contribution is 6.63. The fraction of sp³-hybridized carbons (Fsp3) is 0.133. The second-order valence-electron chi connectivity index (χ2n) is 3.96. The van der Waals surface area contributed by atoms with Gasteiger partial charge in [0.05, 0.1) is 0 Å². The Hall–Kier alpha value is -1.60. The molecule has 2 aromatic carbocycles. The summed E-state index contributed by atoms with van der Waals surface area (Å²) in [7, 11) is 0. The van der Waals surface area contributed by atoms with Crippen molar-refractivity contribution in [3.05, 3.63) is 71.3 Å². The van der Waals surface area contributed by atoms with Crippen molar-refractivity contribution in [2.45, 2.75) is 12.8 Å². The highest BCUT2D eigenvalue weighted by Gasteiger charge is 2.05. The fourth-order valence-corrected chi connectivity index (χ4v) is 2.01. The molecule has 0 saturated carbocycles. The van der Waals surface area contributed by atoms with E-state index in [4.69, 9.17) is 11.6 Å². The van der Waals surface area contributed by atoms with Crippen LogP contribution in [0, 0.1) is 0 Å². The minimum absolute atomic E-state index is 0.296. The zero-order valence-corrected chi connectivity index (χ0v) is 10.2. The first-order valence-corrected chi connectivity index (χ1v) is 5.92. The lowest BCUT2D eigenvalue weighted by molar-refractivity contribution is -0.111. The Morgan fingerprint density at radius 2 is 1.47 bits per heavy atom. The minimum atomic E-state index is -0.314. The Balaban J connectivity index is 2.23. The summed E-state index contributed by atoms with van der Waals surface area (Å²) < 4.78 is 0. The number of carbonyl (C=O) groups is 1. The van der Waals surface area contributed by atoms with E-state index in [9.17, 15) is 4.79 Å². The number of hydrogen-bond donors (Lipinski definition) is 0. The third kappa shape index (κ3) is 3.43. The smallest absolute Gasteiger partial charge is 0.226 e. The Morgan fingerprint density at radius 3 is 2.12 bits per heavy atom. The molecule has 0 unspecified atom stereocenters. The second-order valence-corrected chi connectivity index (χ2v) is 4.38. The van der Waals surface area contributed by atoms with Crippen LogP contribution in [-0.2, 0) is 17.6 Å². The highest BCUT2D eigenvalue weighted by atomic mass is 35.5. The SMILES string of the molecule is O=C(Cl)Cc1ccccc1Cc1ccccc1. The summed E-state index contributed by atoms with van der Waals surface area (Å²) in [6.07, 6.45) is 1.13. The van der Waals surface area contributed by atoms with E-state index in [0.717, 1.165) is 17.5 Å². The van der Waals surface area contributed by atoms with Crippen molar-refractivity contribution < 1.29 is 4.79 Å². The Kier molecular flexibility index (Phi) is 3.94. The van der Waals surface area contributed by atoms with Crippen LogP contribution >= 0.6 is 11.6 Å². The first-order valence-electron chi connectivity index (χ1n) is 5.55. The van der Waals surface area contributed by atoms with E-state index < -0.39 is 0 Å². The summed E-state index contributed by atoms with van der Waals surface area (Å²) >= 11 is 5.45. The van der Waals surface area contributed by atoms with Gasteiger partial charge in [0.2, 0.25) is 5.24 Å². The fourth-order valence-electron chi connectivity index (χ4n) is 1.87. The van der Waals surface area contributed by atoms with Crippen LogP contribution in [0.15, 0.2) is 54.6 Å². The molecular weight excluding hydrogens is 232 g/mol. The number of carbonyl (C=O) groups excluding carboxylic acids is 1. The Labute approximate surface area is 106 Å². The molecule has 2 aromatic rings. The van der Waals surface area contributed by atoms with Gasteiger partial charge in [-0.3, -0.25) is 4.79 Å². The molecular formula is C15H13ClO. The molecule has 0 atom stereocenters. The third-order valence-corrected chi connectivity index (χ3v) is 2.82. The summed E-state index contributed by atoms with van der Waals surface area (Å²) in [5, 5.41) is -0.314. The summed E-state index contributed by atoms with van der Waals surface area (Å²) in [6.45, 7) is 0. The molecule has 86 valence electrons. The number of hydrogen-bond acceptors (Lipinski definition) is 1. The molecule has 0 radical (unpaired) electrons. The molecule has 0 spiro atoms. The summed E-state index contributed by atoms with van der Waals surface area (Å²) in [4.78, 5) is 11.0. The maximum atomic E-state index is 11.0. The molecule has 0 fully saturated rings. The van der Waals surface area contributed by atoms with Gasteiger partial charge in [-0.25, -0.2) is 0 Å². The lowest BCUT2D eigenvalue weighted by Gasteiger charge is -2.07. The lowest BCUT2D eigenvalue weighted by Crippen LogP contribution is -1.99. The molecule has 1 nitrogen and oxygen atoms in total. The van der Waals surface area contributed by atoms with Gasteiger partial charge in [0.25, 0.3) is 0 Å². The molecule has 0 aliphatic carbocycles. The second kappa shape index (κ2) is 5.65. The molecule has 0 aromatic heterocycles. The molecule has 2 rings (SSSR count). The maximum Gasteiger partial charge on any atom is 0.226 e. The first kappa shape index (κ1) is 11.9. The lowest BCUT2D eigenvalue weighted by atomic mass is 9.98. The van der Waals surface area contributed by atoms with Gasteiger partial charge in [-0.15, -0.1) is 0 Å². The number of benzene rings is 2. The quantitative estimate of drug-likeness (QED) is 0.752. The van der Waals surface area contributed by atoms with Crippen LogP contribution in [0.1, 0.15) is 16.7 Å². The van der Waals surface area contributed by atoms with Gasteiger partial charge in [-0.1, -0.05) is 54.6 Å². The van der Waals surface area contributed by atoms with Gasteiger partial charge in [-0.05, 0) is 34.7 Å². The van der Waals surface area contributed by atoms with E-state index in [1.807, 2.05) is 42.5 Å². The third-order valence-electron chi connectivity index (χ3n) is 2.69. The van der Waals surface area contributed by atoms with E-state index in [-0.39, 0.29) is 5.24 Å². The van der Waals surface area contributed by atoms with Crippen LogP contribution in [0.3, 0.4) is 0 Å². The molecule has 17 heavy (non-hydrogen) atoms. The van der Waals surface area contributed by atoms with Crippen LogP contribution in [-0.4, -0.2) is 5.24 Å². The van der Waals surface area contributed by atoms with Crippen molar-refractivity contribution in [2.75, 3.05) is 0 Å². The predicted octanol–water partition coefficient (Wildman–Crippen LogP) is 3.59. The van der Waals surface area contributed by atoms with Crippen molar-refractivity contribution in [2.24, 2.45) is 0 Å². The molecule has 0 saturated heterocycles. The molecule has 0 aliphatic rings. The maximum absolute atomic E-state index is 11.0. The summed E-state index contributed by atoms with van der Waals surface area (Å²) in [6, 6.07) is 18.1. The molecule has 0 heterocycles. The summed E-state index contributed by atoms with van der Waals surface area (Å²) in [5.74, 6) is 0. The van der Waals surface area contributed by atoms with Gasteiger partial charge in [0, 0.05) is 6.42 Å². The van der Waals surface area contributed by atoms with Gasteiger partial charge >= 0.3 is 0 Å². The molecule has 0 aliphatic heterocycles. The van der Waals surface area contributed by atoms with E-state index >= 15 is 0 Å². The first-order chi connectivity index (χ1) is 8.25. The molecule has 0 bridgehead atoms. The van der Waals surface area contributed by atoms with Crippen molar-refractivity contribution in [3.63, 3.8) is 0 Å². The topological polar surface area (TPSA) is 17.1 Å². The van der Waals surface area contributed by atoms with E-state index in [1.54, 1.807) is 0 Å². The standard InChI is InChI=1S/C15H13ClO/c16-15(17)11-14-9-5-4-8-13(14)10-12-6-2-1-3-7-12/h1-9H,10-11H2. The van der Waals surface area contributed by atoms with Crippen molar-refractivity contribution >= 4 is 16.8 Å². The van der Waals surface area contributed by atoms with Gasteiger partial charge in [-0.2, -0.15) is 0 Å². The minimum Gasteiger partial charge on any atom is -0.281 e. The van der Waals surface area contributed by atoms with Crippen LogP contribution in [0.4, 0.5) is 0 Å². The van der Waals surface area contributed by atoms with Gasteiger partial charge in [0.15, 0.2) is 0 Å². The van der Waals surface area contributed by atoms with Gasteiger partial charge in [0.1, 0.15) is 0 Å².